The van der Waals surface area contributed by atoms with Gasteiger partial charge in [-0.25, -0.2) is 4.57 Å². The van der Waals surface area contributed by atoms with Crippen LogP contribution in [0.5, 0.6) is 0 Å². The Morgan fingerprint density at radius 1 is 1.21 bits per heavy atom. The monoisotopic (exact) mass is 463 g/mol. The minimum Gasteiger partial charge on any atom is -0.376 e. The second-order valence-electron chi connectivity index (χ2n) is 7.08. The van der Waals surface area contributed by atoms with Gasteiger partial charge in [0.05, 0.1) is 29.8 Å². The Hall–Kier alpha value is -0.610. The van der Waals surface area contributed by atoms with Crippen molar-refractivity contribution in [3.8, 4) is 0 Å². The molecule has 0 spiro atoms. The van der Waals surface area contributed by atoms with Gasteiger partial charge in [-0.3, -0.25) is 19.2 Å². The van der Waals surface area contributed by atoms with Crippen molar-refractivity contribution >= 4 is 33.7 Å². The number of ether oxygens (including phenoxy) is 2. The predicted molar refractivity (Wildman–Crippen MR) is 113 cm³/mol. The van der Waals surface area contributed by atoms with Crippen molar-refractivity contribution < 1.29 is 28.0 Å². The Balaban J connectivity index is 1.65. The van der Waals surface area contributed by atoms with Gasteiger partial charge in [-0.1, -0.05) is 13.8 Å². The molecule has 0 aromatic heterocycles. The molecule has 0 N–H and O–H groups in total. The summed E-state index contributed by atoms with van der Waals surface area (Å²) < 4.78 is 36.6. The van der Waals surface area contributed by atoms with E-state index in [9.17, 15) is 14.7 Å². The van der Waals surface area contributed by atoms with Gasteiger partial charge in [0.25, 0.3) is 5.69 Å². The highest BCUT2D eigenvalue weighted by molar-refractivity contribution is 8.98. The molecule has 162 valence electrons. The standard InChI is InChI=1S/C18H26NO7PS2/c1-3-16-17(9-11-23-16)26-27(22,25-12-18-13(2)8-10-24-18)29-28-15-6-4-14(5-7-15)19(20)21/h4-7,13,16-18H,3,8-12H2,1-2H3/t13-,16-,17-,18-,27+/m1/s1. The summed E-state index contributed by atoms with van der Waals surface area (Å²) in [6, 6.07) is 6.08. The van der Waals surface area contributed by atoms with Gasteiger partial charge in [0.2, 0.25) is 0 Å². The Kier molecular flexibility index (Phi) is 8.44. The smallest absolute Gasteiger partial charge is 0.376 e. The fourth-order valence-corrected chi connectivity index (χ4v) is 8.59. The van der Waals surface area contributed by atoms with Crippen molar-refractivity contribution in [1.29, 1.82) is 0 Å². The van der Waals surface area contributed by atoms with Crippen LogP contribution in [-0.4, -0.2) is 43.1 Å². The summed E-state index contributed by atoms with van der Waals surface area (Å²) in [6.45, 7) is 2.04. The zero-order valence-corrected chi connectivity index (χ0v) is 19.0. The molecule has 1 aromatic rings. The van der Waals surface area contributed by atoms with E-state index >= 15 is 0 Å². The average molecular weight is 464 g/mol. The summed E-state index contributed by atoms with van der Waals surface area (Å²) in [4.78, 5) is 11.1. The van der Waals surface area contributed by atoms with Gasteiger partial charge in [0.15, 0.2) is 0 Å². The van der Waals surface area contributed by atoms with Crippen LogP contribution in [0.1, 0.15) is 33.1 Å². The first kappa shape index (κ1) is 23.1. The van der Waals surface area contributed by atoms with E-state index in [4.69, 9.17) is 18.5 Å². The van der Waals surface area contributed by atoms with Crippen LogP contribution < -0.4 is 0 Å². The van der Waals surface area contributed by atoms with Crippen LogP contribution >= 0.6 is 28.0 Å². The molecule has 1 aromatic carbocycles. The maximum atomic E-state index is 13.5. The van der Waals surface area contributed by atoms with Crippen molar-refractivity contribution in [2.45, 2.75) is 56.3 Å². The summed E-state index contributed by atoms with van der Waals surface area (Å²) in [5.74, 6) is 0.342. The largest absolute Gasteiger partial charge is 0.400 e. The van der Waals surface area contributed by atoms with E-state index in [-0.39, 0.29) is 30.6 Å². The number of benzene rings is 1. The maximum Gasteiger partial charge on any atom is 0.400 e. The van der Waals surface area contributed by atoms with Crippen molar-refractivity contribution in [2.24, 2.45) is 5.92 Å². The van der Waals surface area contributed by atoms with Gasteiger partial charge in [0.1, 0.15) is 0 Å². The van der Waals surface area contributed by atoms with Crippen LogP contribution in [0.2, 0.25) is 0 Å². The quantitative estimate of drug-likeness (QED) is 0.194. The molecule has 0 saturated carbocycles. The van der Waals surface area contributed by atoms with E-state index in [0.717, 1.165) is 28.2 Å². The summed E-state index contributed by atoms with van der Waals surface area (Å²) >= 11 is 0. The van der Waals surface area contributed by atoms with E-state index in [1.165, 1.54) is 22.9 Å². The second kappa shape index (κ2) is 10.6. The highest BCUT2D eigenvalue weighted by Crippen LogP contribution is 2.68. The Bertz CT molecular complexity index is 735. The van der Waals surface area contributed by atoms with Crippen LogP contribution in [-0.2, 0) is 23.1 Å². The van der Waals surface area contributed by atoms with Crippen molar-refractivity contribution in [1.82, 2.24) is 0 Å². The van der Waals surface area contributed by atoms with Crippen LogP contribution in [0.25, 0.3) is 0 Å². The Morgan fingerprint density at radius 2 is 1.90 bits per heavy atom. The number of nitro groups is 1. The number of nitrogens with zero attached hydrogens (tertiary/aromatic N) is 1. The minimum absolute atomic E-state index is 0.0105. The van der Waals surface area contributed by atoms with Gasteiger partial charge in [-0.2, -0.15) is 0 Å². The van der Waals surface area contributed by atoms with E-state index in [1.807, 2.05) is 6.92 Å². The number of non-ortho nitro benzene ring substituents is 1. The SMILES string of the molecule is CC[C@H]1OCC[C@H]1O[P@](=O)(OC[C@H]1OCC[C@H]1C)SSc1ccc([N+](=O)[O-])cc1. The minimum atomic E-state index is -3.51. The molecule has 8 nitrogen and oxygen atoms in total. The summed E-state index contributed by atoms with van der Waals surface area (Å²) in [5.41, 5.74) is 0.0105. The fourth-order valence-electron chi connectivity index (χ4n) is 3.21. The molecule has 2 aliphatic heterocycles. The molecular formula is C18H26NO7PS2. The molecule has 2 fully saturated rings. The molecule has 11 heteroatoms. The van der Waals surface area contributed by atoms with Crippen molar-refractivity contribution in [3.05, 3.63) is 34.4 Å². The molecule has 0 bridgehead atoms. The zero-order chi connectivity index (χ0) is 20.9. The Labute approximate surface area is 178 Å². The van der Waals surface area contributed by atoms with Crippen LogP contribution in [0, 0.1) is 16.0 Å². The van der Waals surface area contributed by atoms with E-state index in [2.05, 4.69) is 6.92 Å². The lowest BCUT2D eigenvalue weighted by Gasteiger charge is -2.25. The van der Waals surface area contributed by atoms with Crippen LogP contribution in [0.3, 0.4) is 0 Å². The van der Waals surface area contributed by atoms with Gasteiger partial charge >= 0.3 is 6.80 Å². The molecule has 5 atom stereocenters. The second-order valence-corrected chi connectivity index (χ2v) is 12.9. The van der Waals surface area contributed by atoms with Gasteiger partial charge < -0.3 is 9.47 Å². The predicted octanol–water partition coefficient (Wildman–Crippen LogP) is 5.47. The molecule has 2 heterocycles. The topological polar surface area (TPSA) is 97.1 Å². The van der Waals surface area contributed by atoms with Gasteiger partial charge in [-0.15, -0.1) is 0 Å². The first-order valence-electron chi connectivity index (χ1n) is 9.67. The lowest BCUT2D eigenvalue weighted by atomic mass is 10.1. The molecular weight excluding hydrogens is 437 g/mol. The number of hydrogen-bond donors (Lipinski definition) is 0. The summed E-state index contributed by atoms with van der Waals surface area (Å²) in [6.07, 6.45) is 1.92. The van der Waals surface area contributed by atoms with Gasteiger partial charge in [0, 0.05) is 47.1 Å². The lowest BCUT2D eigenvalue weighted by molar-refractivity contribution is -0.384. The van der Waals surface area contributed by atoms with Crippen molar-refractivity contribution in [2.75, 3.05) is 19.8 Å². The maximum absolute atomic E-state index is 13.5. The molecule has 0 aliphatic carbocycles. The van der Waals surface area contributed by atoms with Crippen LogP contribution in [0.15, 0.2) is 29.2 Å². The van der Waals surface area contributed by atoms with Crippen molar-refractivity contribution in [3.63, 3.8) is 0 Å². The third kappa shape index (κ3) is 6.43. The molecule has 0 radical (unpaired) electrons. The normalized spacial score (nSPS) is 29.0. The highest BCUT2D eigenvalue weighted by atomic mass is 33.3. The molecule has 0 amide bonds. The molecule has 2 saturated heterocycles. The third-order valence-corrected chi connectivity index (χ3v) is 11.0. The molecule has 29 heavy (non-hydrogen) atoms. The number of nitro benzene ring substituents is 1. The van der Waals surface area contributed by atoms with Gasteiger partial charge in [-0.05, 0) is 41.7 Å². The van der Waals surface area contributed by atoms with E-state index in [1.54, 1.807) is 12.1 Å². The summed E-state index contributed by atoms with van der Waals surface area (Å²) in [7, 11) is 2.24. The Morgan fingerprint density at radius 3 is 2.52 bits per heavy atom. The number of rotatable bonds is 10. The number of hydrogen-bond acceptors (Lipinski definition) is 9. The van der Waals surface area contributed by atoms with E-state index in [0.29, 0.717) is 25.6 Å². The molecule has 2 aliphatic rings. The third-order valence-electron chi connectivity index (χ3n) is 5.02. The highest BCUT2D eigenvalue weighted by Gasteiger charge is 2.38. The molecule has 0 unspecified atom stereocenters. The van der Waals surface area contributed by atoms with E-state index < -0.39 is 11.7 Å². The lowest BCUT2D eigenvalue weighted by Crippen LogP contribution is -2.24. The fraction of sp³-hybridized carbons (Fsp3) is 0.667. The zero-order valence-electron chi connectivity index (χ0n) is 16.4. The van der Waals surface area contributed by atoms with Crippen LogP contribution in [0.4, 0.5) is 5.69 Å². The first-order valence-corrected chi connectivity index (χ1v) is 14.0. The first-order chi connectivity index (χ1) is 13.9. The average Bonchev–Trinajstić information content (AvgIpc) is 3.33. The molecule has 3 rings (SSSR count). The summed E-state index contributed by atoms with van der Waals surface area (Å²) in [5, 5.41) is 10.8.